The number of aryl methyl sites for hydroxylation is 2. The fraction of sp³-hybridized carbons (Fsp3) is 0.143. The minimum absolute atomic E-state index is 0. The fourth-order valence-corrected chi connectivity index (χ4v) is 2.97. The number of hydrogen-bond acceptors (Lipinski definition) is 6. The van der Waals surface area contributed by atoms with E-state index in [4.69, 9.17) is 17.6 Å². The Labute approximate surface area is 178 Å². The van der Waals surface area contributed by atoms with Crippen molar-refractivity contribution in [1.29, 1.82) is 5.26 Å². The average molecular weight is 450 g/mol. The largest absolute Gasteiger partial charge is 0.383 e. The van der Waals surface area contributed by atoms with Crippen molar-refractivity contribution in [3.63, 3.8) is 0 Å². The number of hydrogen-bond donors (Lipinski definition) is 3. The van der Waals surface area contributed by atoms with Crippen LogP contribution < -0.4 is 16.4 Å². The summed E-state index contributed by atoms with van der Waals surface area (Å²) in [6.07, 6.45) is 0. The summed E-state index contributed by atoms with van der Waals surface area (Å²) < 4.78 is 0.546. The summed E-state index contributed by atoms with van der Waals surface area (Å²) in [7, 11) is 0. The third-order valence-corrected chi connectivity index (χ3v) is 4.82. The Kier molecular flexibility index (Phi) is 6.76. The van der Waals surface area contributed by atoms with Gasteiger partial charge in [-0.25, -0.2) is 4.85 Å². The lowest BCUT2D eigenvalue weighted by atomic mass is 10.0. The van der Waals surface area contributed by atoms with E-state index >= 15 is 0 Å². The van der Waals surface area contributed by atoms with Crippen LogP contribution >= 0.6 is 15.9 Å². The fourth-order valence-electron chi connectivity index (χ4n) is 2.70. The van der Waals surface area contributed by atoms with Gasteiger partial charge in [0.05, 0.1) is 18.2 Å². The lowest BCUT2D eigenvalue weighted by Gasteiger charge is -2.16. The van der Waals surface area contributed by atoms with Crippen LogP contribution in [0.3, 0.4) is 0 Å². The van der Waals surface area contributed by atoms with Crippen molar-refractivity contribution in [2.24, 2.45) is 0 Å². The minimum Gasteiger partial charge on any atom is -0.383 e. The molecule has 8 heteroatoms. The van der Waals surface area contributed by atoms with Crippen LogP contribution in [0.4, 0.5) is 34.6 Å². The molecule has 0 saturated heterocycles. The standard InChI is InChI=1S/C20H16BrN7.CH4/c1-11-8-13(10-22)9-12(2)17(11)26-19-16(21)18(23)27-20(28-19)25-15-6-4-14(24-3)5-7-15;/h4-9H,1-2H3,(H4,23,25,26,27,28);1H4. The van der Waals surface area contributed by atoms with E-state index in [9.17, 15) is 0 Å². The molecule has 0 aliphatic carbocycles. The number of halogens is 1. The molecule has 0 aliphatic rings. The van der Waals surface area contributed by atoms with Crippen LogP contribution in [0.15, 0.2) is 40.9 Å². The SMILES string of the molecule is C.[C-]#[N+]c1ccc(Nc2nc(N)c(Br)c(Nc3c(C)cc(C#N)cc3C)n2)cc1. The zero-order valence-electron chi connectivity index (χ0n) is 15.2. The molecule has 3 rings (SSSR count). The number of rotatable bonds is 4. The van der Waals surface area contributed by atoms with E-state index < -0.39 is 0 Å². The molecule has 2 aromatic carbocycles. The highest BCUT2D eigenvalue weighted by Crippen LogP contribution is 2.33. The second-order valence-electron chi connectivity index (χ2n) is 6.10. The van der Waals surface area contributed by atoms with Gasteiger partial charge in [-0.15, -0.1) is 0 Å². The minimum atomic E-state index is 0. The zero-order chi connectivity index (χ0) is 20.3. The first-order valence-electron chi connectivity index (χ1n) is 8.27. The van der Waals surface area contributed by atoms with Gasteiger partial charge < -0.3 is 16.4 Å². The molecule has 29 heavy (non-hydrogen) atoms. The van der Waals surface area contributed by atoms with Gasteiger partial charge in [0, 0.05) is 11.4 Å². The Morgan fingerprint density at radius 3 is 2.28 bits per heavy atom. The van der Waals surface area contributed by atoms with Crippen LogP contribution in [-0.2, 0) is 0 Å². The summed E-state index contributed by atoms with van der Waals surface area (Å²) in [6.45, 7) is 10.9. The molecule has 0 aliphatic heterocycles. The number of nitrogens with one attached hydrogen (secondary N) is 2. The summed E-state index contributed by atoms with van der Waals surface area (Å²) in [5.41, 5.74) is 10.6. The molecule has 0 bridgehead atoms. The van der Waals surface area contributed by atoms with Crippen molar-refractivity contribution in [2.45, 2.75) is 21.3 Å². The quantitative estimate of drug-likeness (QED) is 0.422. The number of anilines is 5. The van der Waals surface area contributed by atoms with Crippen molar-refractivity contribution >= 4 is 50.6 Å². The van der Waals surface area contributed by atoms with Crippen molar-refractivity contribution in [3.05, 3.63) is 69.0 Å². The van der Waals surface area contributed by atoms with Gasteiger partial charge in [-0.05, 0) is 65.2 Å². The van der Waals surface area contributed by atoms with E-state index in [1.807, 2.05) is 26.0 Å². The third-order valence-electron chi connectivity index (χ3n) is 4.03. The topological polar surface area (TPSA) is 104 Å². The van der Waals surface area contributed by atoms with Crippen LogP contribution in [0.25, 0.3) is 4.85 Å². The predicted octanol–water partition coefficient (Wildman–Crippen LogP) is 5.98. The zero-order valence-corrected chi connectivity index (χ0v) is 16.8. The maximum absolute atomic E-state index is 9.12. The molecule has 3 aromatic rings. The van der Waals surface area contributed by atoms with Gasteiger partial charge in [0.2, 0.25) is 5.95 Å². The molecule has 1 aromatic heterocycles. The molecule has 0 fully saturated rings. The lowest BCUT2D eigenvalue weighted by Crippen LogP contribution is -2.06. The van der Waals surface area contributed by atoms with Crippen LogP contribution in [0.1, 0.15) is 24.1 Å². The van der Waals surface area contributed by atoms with Crippen molar-refractivity contribution in [3.8, 4) is 6.07 Å². The Hall–Kier alpha value is -3.62. The molecular weight excluding hydrogens is 430 g/mol. The van der Waals surface area contributed by atoms with Crippen molar-refractivity contribution in [2.75, 3.05) is 16.4 Å². The highest BCUT2D eigenvalue weighted by Gasteiger charge is 2.13. The summed E-state index contributed by atoms with van der Waals surface area (Å²) in [5.74, 6) is 1.10. The van der Waals surface area contributed by atoms with Gasteiger partial charge in [0.1, 0.15) is 10.3 Å². The highest BCUT2D eigenvalue weighted by atomic mass is 79.9. The number of nitrogens with zero attached hydrogens (tertiary/aromatic N) is 4. The molecule has 4 N–H and O–H groups in total. The number of nitrogen functional groups attached to an aromatic ring is 1. The molecular formula is C21H20BrN7. The number of benzene rings is 2. The monoisotopic (exact) mass is 449 g/mol. The number of nitriles is 1. The normalized spacial score (nSPS) is 9.69. The Bertz CT molecular complexity index is 1100. The first kappa shape index (κ1) is 21.7. The molecule has 0 atom stereocenters. The Morgan fingerprint density at radius 1 is 1.10 bits per heavy atom. The molecule has 0 amide bonds. The smallest absolute Gasteiger partial charge is 0.231 e. The average Bonchev–Trinajstić information content (AvgIpc) is 2.68. The molecule has 0 unspecified atom stereocenters. The van der Waals surface area contributed by atoms with Crippen LogP contribution in [0, 0.1) is 31.8 Å². The number of aromatic nitrogens is 2. The summed E-state index contributed by atoms with van der Waals surface area (Å²) in [6, 6.07) is 12.7. The Morgan fingerprint density at radius 2 is 1.72 bits per heavy atom. The lowest BCUT2D eigenvalue weighted by molar-refractivity contribution is 1.16. The first-order chi connectivity index (χ1) is 13.4. The van der Waals surface area contributed by atoms with Gasteiger partial charge in [-0.3, -0.25) is 0 Å². The third kappa shape index (κ3) is 4.81. The van der Waals surface area contributed by atoms with Gasteiger partial charge in [0.25, 0.3) is 0 Å². The van der Waals surface area contributed by atoms with E-state index in [0.29, 0.717) is 27.5 Å². The first-order valence-corrected chi connectivity index (χ1v) is 9.06. The molecule has 0 spiro atoms. The maximum atomic E-state index is 9.12. The van der Waals surface area contributed by atoms with Crippen molar-refractivity contribution < 1.29 is 0 Å². The van der Waals surface area contributed by atoms with E-state index in [0.717, 1.165) is 22.5 Å². The van der Waals surface area contributed by atoms with Crippen LogP contribution in [-0.4, -0.2) is 9.97 Å². The summed E-state index contributed by atoms with van der Waals surface area (Å²) >= 11 is 3.43. The van der Waals surface area contributed by atoms with E-state index in [-0.39, 0.29) is 13.2 Å². The highest BCUT2D eigenvalue weighted by molar-refractivity contribution is 9.10. The summed E-state index contributed by atoms with van der Waals surface area (Å²) in [5, 5.41) is 15.5. The second-order valence-corrected chi connectivity index (χ2v) is 6.89. The molecule has 1 heterocycles. The summed E-state index contributed by atoms with van der Waals surface area (Å²) in [4.78, 5) is 12.1. The van der Waals surface area contributed by atoms with E-state index in [2.05, 4.69) is 47.4 Å². The van der Waals surface area contributed by atoms with Gasteiger partial charge in [-0.1, -0.05) is 19.6 Å². The maximum Gasteiger partial charge on any atom is 0.231 e. The molecule has 0 radical (unpaired) electrons. The number of nitrogens with two attached hydrogens (primary N) is 1. The van der Waals surface area contributed by atoms with Crippen LogP contribution in [0.2, 0.25) is 0 Å². The molecule has 146 valence electrons. The second kappa shape index (κ2) is 9.05. The molecule has 0 saturated carbocycles. The van der Waals surface area contributed by atoms with Gasteiger partial charge >= 0.3 is 0 Å². The van der Waals surface area contributed by atoms with E-state index in [1.165, 1.54) is 0 Å². The molecule has 7 nitrogen and oxygen atoms in total. The predicted molar refractivity (Wildman–Crippen MR) is 121 cm³/mol. The van der Waals surface area contributed by atoms with Crippen LogP contribution in [0.5, 0.6) is 0 Å². The van der Waals surface area contributed by atoms with E-state index in [1.54, 1.807) is 24.3 Å². The van der Waals surface area contributed by atoms with Gasteiger partial charge in [0.15, 0.2) is 11.5 Å². The van der Waals surface area contributed by atoms with Crippen molar-refractivity contribution in [1.82, 2.24) is 9.97 Å². The van der Waals surface area contributed by atoms with Gasteiger partial charge in [-0.2, -0.15) is 15.2 Å². The Balaban J connectivity index is 0.00000300.